The minimum Gasteiger partial charge on any atom is -0.480 e. The number of unbranched alkanes of at least 4 members (excludes halogenated alkanes) is 2. The molecule has 3 atom stereocenters. The van der Waals surface area contributed by atoms with E-state index in [4.69, 9.17) is 9.84 Å². The van der Waals surface area contributed by atoms with Crippen LogP contribution in [-0.4, -0.2) is 41.3 Å². The Balaban J connectivity index is 2.18. The van der Waals surface area contributed by atoms with Crippen LogP contribution in [0.15, 0.2) is 12.2 Å². The summed E-state index contributed by atoms with van der Waals surface area (Å²) in [6, 6.07) is 0. The highest BCUT2D eigenvalue weighted by molar-refractivity contribution is 5.94. The molecule has 0 aromatic heterocycles. The first-order valence-electron chi connectivity index (χ1n) is 9.24. The van der Waals surface area contributed by atoms with E-state index in [-0.39, 0.29) is 30.3 Å². The Labute approximate surface area is 145 Å². The van der Waals surface area contributed by atoms with Crippen LogP contribution in [0.2, 0.25) is 0 Å². The maximum atomic E-state index is 12.0. The van der Waals surface area contributed by atoms with Crippen molar-refractivity contribution in [1.29, 1.82) is 0 Å². The molecule has 5 heteroatoms. The Morgan fingerprint density at radius 3 is 2.67 bits per heavy atom. The van der Waals surface area contributed by atoms with Gasteiger partial charge in [-0.15, -0.1) is 0 Å². The number of hydrogen-bond acceptors (Lipinski definition) is 4. The predicted octanol–water partition coefficient (Wildman–Crippen LogP) is 3.35. The monoisotopic (exact) mass is 340 g/mol. The van der Waals surface area contributed by atoms with Crippen molar-refractivity contribution in [3.63, 3.8) is 0 Å². The fraction of sp³-hybridized carbons (Fsp3) is 0.789. The summed E-state index contributed by atoms with van der Waals surface area (Å²) in [6.45, 7) is 2.29. The van der Waals surface area contributed by atoms with Crippen molar-refractivity contribution in [3.05, 3.63) is 12.2 Å². The topological polar surface area (TPSA) is 83.8 Å². The second-order valence-corrected chi connectivity index (χ2v) is 6.70. The smallest absolute Gasteiger partial charge is 0.329 e. The normalized spacial score (nSPS) is 21.3. The van der Waals surface area contributed by atoms with Gasteiger partial charge in [-0.3, -0.25) is 4.79 Å². The average molecular weight is 340 g/mol. The molecule has 0 bridgehead atoms. The highest BCUT2D eigenvalue weighted by Gasteiger charge is 2.29. The highest BCUT2D eigenvalue weighted by atomic mass is 16.5. The number of carbonyl (C=O) groups is 2. The zero-order chi connectivity index (χ0) is 17.8. The largest absolute Gasteiger partial charge is 0.480 e. The molecule has 0 spiro atoms. The maximum absolute atomic E-state index is 12.0. The van der Waals surface area contributed by atoms with E-state index >= 15 is 0 Å². The third kappa shape index (κ3) is 8.60. The van der Waals surface area contributed by atoms with Gasteiger partial charge in [0.2, 0.25) is 0 Å². The number of rotatable bonds is 14. The van der Waals surface area contributed by atoms with Gasteiger partial charge >= 0.3 is 5.97 Å². The molecular weight excluding hydrogens is 308 g/mol. The zero-order valence-corrected chi connectivity index (χ0v) is 14.8. The molecule has 0 aromatic rings. The van der Waals surface area contributed by atoms with E-state index in [1.807, 2.05) is 6.08 Å². The molecule has 0 aromatic carbocycles. The van der Waals surface area contributed by atoms with Crippen LogP contribution in [0.3, 0.4) is 0 Å². The SMILES string of the molecule is CCCCC(O)CCC[C@H]1C=CC(=O)[C@@H]1CCCCOCC(=O)O. The standard InChI is InChI=1S/C19H32O5/c1-2-3-8-16(20)9-6-7-15-11-12-18(21)17(15)10-4-5-13-24-14-19(22)23/h11-12,15-17,20H,2-10,13-14H2,1H3,(H,22,23)/t15-,16?,17+/m0/s1. The Morgan fingerprint density at radius 1 is 1.21 bits per heavy atom. The average Bonchev–Trinajstić information content (AvgIpc) is 2.89. The summed E-state index contributed by atoms with van der Waals surface area (Å²) in [5, 5.41) is 18.4. The third-order valence-electron chi connectivity index (χ3n) is 4.64. The molecule has 0 saturated heterocycles. The van der Waals surface area contributed by atoms with Gasteiger partial charge in [0.05, 0.1) is 6.10 Å². The molecule has 24 heavy (non-hydrogen) atoms. The van der Waals surface area contributed by atoms with E-state index in [0.717, 1.165) is 57.8 Å². The van der Waals surface area contributed by atoms with Gasteiger partial charge in [0, 0.05) is 12.5 Å². The molecule has 0 saturated carbocycles. The summed E-state index contributed by atoms with van der Waals surface area (Å²) in [6.07, 6.45) is 11.7. The predicted molar refractivity (Wildman–Crippen MR) is 92.8 cm³/mol. The van der Waals surface area contributed by atoms with Crippen LogP contribution in [0.25, 0.3) is 0 Å². The first-order chi connectivity index (χ1) is 11.5. The number of carbonyl (C=O) groups excluding carboxylic acids is 1. The second-order valence-electron chi connectivity index (χ2n) is 6.70. The first kappa shape index (κ1) is 20.8. The van der Waals surface area contributed by atoms with Gasteiger partial charge in [-0.1, -0.05) is 38.7 Å². The van der Waals surface area contributed by atoms with Gasteiger partial charge in [0.25, 0.3) is 0 Å². The van der Waals surface area contributed by atoms with E-state index in [2.05, 4.69) is 6.92 Å². The quantitative estimate of drug-likeness (QED) is 0.474. The fourth-order valence-electron chi connectivity index (χ4n) is 3.24. The summed E-state index contributed by atoms with van der Waals surface area (Å²) >= 11 is 0. The molecule has 5 nitrogen and oxygen atoms in total. The van der Waals surface area contributed by atoms with Crippen LogP contribution in [0, 0.1) is 11.8 Å². The molecule has 1 aliphatic rings. The number of ether oxygens (including phenoxy) is 1. The van der Waals surface area contributed by atoms with Crippen molar-refractivity contribution < 1.29 is 24.5 Å². The van der Waals surface area contributed by atoms with E-state index in [1.54, 1.807) is 6.08 Å². The van der Waals surface area contributed by atoms with Gasteiger partial charge in [-0.05, 0) is 44.1 Å². The lowest BCUT2D eigenvalue weighted by molar-refractivity contribution is -0.142. The van der Waals surface area contributed by atoms with E-state index < -0.39 is 5.97 Å². The summed E-state index contributed by atoms with van der Waals surface area (Å²) < 4.78 is 5.01. The molecule has 0 heterocycles. The number of carboxylic acids is 1. The molecular formula is C19H32O5. The fourth-order valence-corrected chi connectivity index (χ4v) is 3.24. The molecule has 0 aliphatic heterocycles. The molecule has 0 amide bonds. The van der Waals surface area contributed by atoms with Crippen molar-refractivity contribution in [1.82, 2.24) is 0 Å². The van der Waals surface area contributed by atoms with Gasteiger partial charge in [-0.25, -0.2) is 4.79 Å². The molecule has 0 fully saturated rings. The lowest BCUT2D eigenvalue weighted by atomic mass is 9.86. The molecule has 1 rings (SSSR count). The number of aliphatic hydroxyl groups excluding tert-OH is 1. The molecule has 0 radical (unpaired) electrons. The van der Waals surface area contributed by atoms with Crippen LogP contribution in [0.1, 0.15) is 64.7 Å². The first-order valence-corrected chi connectivity index (χ1v) is 9.24. The highest BCUT2D eigenvalue weighted by Crippen LogP contribution is 2.31. The summed E-state index contributed by atoms with van der Waals surface area (Å²) in [5.74, 6) is -0.405. The van der Waals surface area contributed by atoms with Gasteiger partial charge < -0.3 is 14.9 Å². The Morgan fingerprint density at radius 2 is 1.96 bits per heavy atom. The number of ketones is 1. The summed E-state index contributed by atoms with van der Waals surface area (Å²) in [7, 11) is 0. The van der Waals surface area contributed by atoms with Crippen LogP contribution in [0.4, 0.5) is 0 Å². The Bertz CT molecular complexity index is 405. The molecule has 1 unspecified atom stereocenters. The molecule has 1 aliphatic carbocycles. The second kappa shape index (κ2) is 12.2. The van der Waals surface area contributed by atoms with Crippen LogP contribution in [0.5, 0.6) is 0 Å². The van der Waals surface area contributed by atoms with Crippen molar-refractivity contribution in [2.45, 2.75) is 70.8 Å². The number of aliphatic carboxylic acids is 1. The number of hydrogen-bond donors (Lipinski definition) is 2. The Hall–Kier alpha value is -1.20. The van der Waals surface area contributed by atoms with E-state index in [1.165, 1.54) is 0 Å². The lowest BCUT2D eigenvalue weighted by Gasteiger charge is -2.19. The van der Waals surface area contributed by atoms with Crippen LogP contribution < -0.4 is 0 Å². The number of allylic oxidation sites excluding steroid dienone is 2. The van der Waals surface area contributed by atoms with Crippen molar-refractivity contribution in [2.75, 3.05) is 13.2 Å². The minimum atomic E-state index is -0.952. The maximum Gasteiger partial charge on any atom is 0.329 e. The molecule has 2 N–H and O–H groups in total. The van der Waals surface area contributed by atoms with Crippen molar-refractivity contribution >= 4 is 11.8 Å². The van der Waals surface area contributed by atoms with Crippen LogP contribution >= 0.6 is 0 Å². The lowest BCUT2D eigenvalue weighted by Crippen LogP contribution is -2.17. The van der Waals surface area contributed by atoms with Gasteiger partial charge in [0.1, 0.15) is 6.61 Å². The van der Waals surface area contributed by atoms with E-state index in [0.29, 0.717) is 6.61 Å². The van der Waals surface area contributed by atoms with Crippen LogP contribution in [-0.2, 0) is 14.3 Å². The van der Waals surface area contributed by atoms with Crippen molar-refractivity contribution in [2.24, 2.45) is 11.8 Å². The Kier molecular flexibility index (Phi) is 10.6. The summed E-state index contributed by atoms with van der Waals surface area (Å²) in [5.41, 5.74) is 0. The number of carboxylic acid groups (broad SMARTS) is 1. The number of aliphatic hydroxyl groups is 1. The zero-order valence-electron chi connectivity index (χ0n) is 14.8. The molecule has 138 valence electrons. The van der Waals surface area contributed by atoms with Crippen molar-refractivity contribution in [3.8, 4) is 0 Å². The minimum absolute atomic E-state index is 0.0530. The summed E-state index contributed by atoms with van der Waals surface area (Å²) in [4.78, 5) is 22.3. The van der Waals surface area contributed by atoms with E-state index in [9.17, 15) is 14.7 Å². The van der Waals surface area contributed by atoms with Gasteiger partial charge in [-0.2, -0.15) is 0 Å². The van der Waals surface area contributed by atoms with Gasteiger partial charge in [0.15, 0.2) is 5.78 Å². The third-order valence-corrected chi connectivity index (χ3v) is 4.64.